The van der Waals surface area contributed by atoms with Crippen LogP contribution in [0.5, 0.6) is 11.6 Å². The molecule has 4 aromatic rings. The van der Waals surface area contributed by atoms with E-state index in [0.29, 0.717) is 34.0 Å². The summed E-state index contributed by atoms with van der Waals surface area (Å²) in [6.07, 6.45) is 1.51. The third kappa shape index (κ3) is 3.36. The topological polar surface area (TPSA) is 123 Å². The first-order valence-electron chi connectivity index (χ1n) is 7.91. The van der Waals surface area contributed by atoms with Crippen LogP contribution < -0.4 is 10.1 Å². The number of aromatic nitrogens is 4. The van der Waals surface area contributed by atoms with Gasteiger partial charge in [-0.25, -0.2) is 4.98 Å². The van der Waals surface area contributed by atoms with Gasteiger partial charge >= 0.3 is 0 Å². The third-order valence-corrected chi connectivity index (χ3v) is 3.72. The fourth-order valence-electron chi connectivity index (χ4n) is 2.40. The van der Waals surface area contributed by atoms with E-state index in [1.807, 2.05) is 0 Å². The van der Waals surface area contributed by atoms with Crippen molar-refractivity contribution >= 4 is 22.8 Å². The Morgan fingerprint density at radius 2 is 1.56 bits per heavy atom. The number of aromatic amines is 1. The van der Waals surface area contributed by atoms with Gasteiger partial charge in [0.25, 0.3) is 5.88 Å². The number of imidazole rings is 1. The van der Waals surface area contributed by atoms with Gasteiger partial charge in [-0.1, -0.05) is 0 Å². The standard InChI is InChI=1S/C19H11N7O/c20-9-12-1-5-14(6-2-12)24-19-25-17-16(22-11-23-17)18(26-19)27-15-7-3-13(10-21)4-8-15/h1-8,11H,(H2,22,23,24,25,26). The first-order chi connectivity index (χ1) is 13.2. The molecule has 0 bridgehead atoms. The number of benzene rings is 2. The summed E-state index contributed by atoms with van der Waals surface area (Å²) >= 11 is 0. The van der Waals surface area contributed by atoms with Crippen molar-refractivity contribution in [3.05, 3.63) is 66.0 Å². The molecule has 0 aliphatic carbocycles. The van der Waals surface area contributed by atoms with Crippen molar-refractivity contribution in [2.45, 2.75) is 0 Å². The molecule has 0 spiro atoms. The number of hydrogen-bond acceptors (Lipinski definition) is 7. The lowest BCUT2D eigenvalue weighted by Crippen LogP contribution is -2.00. The Bertz CT molecular complexity index is 1180. The Balaban J connectivity index is 1.66. The number of fused-ring (bicyclic) bond motifs is 1. The van der Waals surface area contributed by atoms with Crippen LogP contribution >= 0.6 is 0 Å². The Morgan fingerprint density at radius 3 is 2.22 bits per heavy atom. The van der Waals surface area contributed by atoms with Crippen molar-refractivity contribution in [3.8, 4) is 23.8 Å². The van der Waals surface area contributed by atoms with Gasteiger partial charge in [0.2, 0.25) is 5.95 Å². The number of rotatable bonds is 4. The summed E-state index contributed by atoms with van der Waals surface area (Å²) in [5, 5.41) is 20.9. The number of nitrogens with one attached hydrogen (secondary N) is 2. The van der Waals surface area contributed by atoms with Crippen molar-refractivity contribution < 1.29 is 4.74 Å². The number of nitrogens with zero attached hydrogens (tertiary/aromatic N) is 5. The minimum absolute atomic E-state index is 0.280. The third-order valence-electron chi connectivity index (χ3n) is 3.72. The van der Waals surface area contributed by atoms with Gasteiger partial charge in [-0.15, -0.1) is 0 Å². The van der Waals surface area contributed by atoms with E-state index in [0.717, 1.165) is 5.69 Å². The van der Waals surface area contributed by atoms with Crippen molar-refractivity contribution in [2.75, 3.05) is 5.32 Å². The molecule has 27 heavy (non-hydrogen) atoms. The highest BCUT2D eigenvalue weighted by Gasteiger charge is 2.13. The second-order valence-corrected chi connectivity index (χ2v) is 5.50. The maximum absolute atomic E-state index is 8.89. The number of ether oxygens (including phenoxy) is 1. The first-order valence-corrected chi connectivity index (χ1v) is 7.91. The van der Waals surface area contributed by atoms with E-state index in [9.17, 15) is 0 Å². The molecule has 2 N–H and O–H groups in total. The van der Waals surface area contributed by atoms with E-state index >= 15 is 0 Å². The van der Waals surface area contributed by atoms with Crippen LogP contribution in [0.2, 0.25) is 0 Å². The van der Waals surface area contributed by atoms with Crippen LogP contribution in [0.3, 0.4) is 0 Å². The summed E-state index contributed by atoms with van der Waals surface area (Å²) < 4.78 is 5.84. The van der Waals surface area contributed by atoms with E-state index in [2.05, 4.69) is 37.4 Å². The maximum Gasteiger partial charge on any atom is 0.252 e. The summed E-state index contributed by atoms with van der Waals surface area (Å²) in [5.74, 6) is 1.13. The molecule has 0 aliphatic heterocycles. The van der Waals surface area contributed by atoms with Crippen LogP contribution in [0.15, 0.2) is 54.9 Å². The van der Waals surface area contributed by atoms with Gasteiger partial charge in [0.15, 0.2) is 11.2 Å². The molecular formula is C19H11N7O. The zero-order chi connectivity index (χ0) is 18.6. The summed E-state index contributed by atoms with van der Waals surface area (Å²) in [6, 6.07) is 17.8. The largest absolute Gasteiger partial charge is 0.437 e. The van der Waals surface area contributed by atoms with Gasteiger partial charge < -0.3 is 15.0 Å². The molecule has 2 aromatic heterocycles. The molecule has 0 aliphatic rings. The minimum Gasteiger partial charge on any atom is -0.437 e. The SMILES string of the molecule is N#Cc1ccc(Nc2nc(Oc3ccc(C#N)cc3)c3nc[nH]c3n2)cc1. The molecule has 0 atom stereocenters. The van der Waals surface area contributed by atoms with E-state index in [1.54, 1.807) is 48.5 Å². The second kappa shape index (κ2) is 6.82. The Labute approximate surface area is 153 Å². The van der Waals surface area contributed by atoms with Crippen molar-refractivity contribution in [3.63, 3.8) is 0 Å². The predicted molar refractivity (Wildman–Crippen MR) is 97.4 cm³/mol. The molecule has 0 saturated heterocycles. The van der Waals surface area contributed by atoms with Gasteiger partial charge in [0.05, 0.1) is 29.6 Å². The minimum atomic E-state index is 0.280. The van der Waals surface area contributed by atoms with Crippen LogP contribution in [0, 0.1) is 22.7 Å². The molecule has 0 saturated carbocycles. The first kappa shape index (κ1) is 16.1. The van der Waals surface area contributed by atoms with Gasteiger partial charge in [-0.05, 0) is 48.5 Å². The monoisotopic (exact) mass is 353 g/mol. The molecule has 4 rings (SSSR count). The van der Waals surface area contributed by atoms with Gasteiger partial charge in [-0.3, -0.25) is 0 Å². The Kier molecular flexibility index (Phi) is 4.06. The van der Waals surface area contributed by atoms with E-state index in [4.69, 9.17) is 15.3 Å². The maximum atomic E-state index is 8.89. The van der Waals surface area contributed by atoms with Crippen LogP contribution in [-0.4, -0.2) is 19.9 Å². The zero-order valence-corrected chi connectivity index (χ0v) is 13.8. The smallest absolute Gasteiger partial charge is 0.252 e. The molecule has 8 heteroatoms. The molecule has 0 radical (unpaired) electrons. The number of hydrogen-bond donors (Lipinski definition) is 2. The Morgan fingerprint density at radius 1 is 0.889 bits per heavy atom. The van der Waals surface area contributed by atoms with E-state index in [-0.39, 0.29) is 5.88 Å². The number of nitriles is 2. The number of H-pyrrole nitrogens is 1. The summed E-state index contributed by atoms with van der Waals surface area (Å²) in [7, 11) is 0. The van der Waals surface area contributed by atoms with Crippen LogP contribution in [0.1, 0.15) is 11.1 Å². The zero-order valence-electron chi connectivity index (χ0n) is 13.8. The number of anilines is 2. The highest BCUT2D eigenvalue weighted by molar-refractivity contribution is 5.78. The van der Waals surface area contributed by atoms with Gasteiger partial charge in [-0.2, -0.15) is 20.5 Å². The average molecular weight is 353 g/mol. The molecular weight excluding hydrogens is 342 g/mol. The van der Waals surface area contributed by atoms with E-state index < -0.39 is 0 Å². The van der Waals surface area contributed by atoms with Crippen LogP contribution in [-0.2, 0) is 0 Å². The summed E-state index contributed by atoms with van der Waals surface area (Å²) in [4.78, 5) is 15.9. The van der Waals surface area contributed by atoms with Crippen LogP contribution in [0.4, 0.5) is 11.6 Å². The highest BCUT2D eigenvalue weighted by Crippen LogP contribution is 2.27. The molecule has 0 unspecified atom stereocenters. The second-order valence-electron chi connectivity index (χ2n) is 5.50. The van der Waals surface area contributed by atoms with Crippen molar-refractivity contribution in [1.82, 2.24) is 19.9 Å². The molecule has 2 aromatic carbocycles. The highest BCUT2D eigenvalue weighted by atomic mass is 16.5. The average Bonchev–Trinajstić information content (AvgIpc) is 3.18. The predicted octanol–water partition coefficient (Wildman–Crippen LogP) is 3.63. The lowest BCUT2D eigenvalue weighted by molar-refractivity contribution is 0.468. The molecule has 2 heterocycles. The van der Waals surface area contributed by atoms with Gasteiger partial charge in [0, 0.05) is 5.69 Å². The van der Waals surface area contributed by atoms with Crippen molar-refractivity contribution in [2.24, 2.45) is 0 Å². The molecule has 128 valence electrons. The van der Waals surface area contributed by atoms with Crippen molar-refractivity contribution in [1.29, 1.82) is 10.5 Å². The lowest BCUT2D eigenvalue weighted by atomic mass is 10.2. The summed E-state index contributed by atoms with van der Waals surface area (Å²) in [6.45, 7) is 0. The normalized spacial score (nSPS) is 10.1. The molecule has 0 amide bonds. The van der Waals surface area contributed by atoms with Gasteiger partial charge in [0.1, 0.15) is 5.75 Å². The lowest BCUT2D eigenvalue weighted by Gasteiger charge is -2.09. The Hall–Kier alpha value is -4.43. The van der Waals surface area contributed by atoms with E-state index in [1.165, 1.54) is 6.33 Å². The fraction of sp³-hybridized carbons (Fsp3) is 0. The quantitative estimate of drug-likeness (QED) is 0.574. The summed E-state index contributed by atoms with van der Waals surface area (Å²) in [5.41, 5.74) is 2.85. The molecule has 8 nitrogen and oxygen atoms in total. The fourth-order valence-corrected chi connectivity index (χ4v) is 2.40. The van der Waals surface area contributed by atoms with Crippen LogP contribution in [0.25, 0.3) is 11.2 Å². The molecule has 0 fully saturated rings.